The van der Waals surface area contributed by atoms with Gasteiger partial charge in [-0.15, -0.1) is 0 Å². The Kier molecular flexibility index (Phi) is 3.43. The van der Waals surface area contributed by atoms with Gasteiger partial charge in [0.25, 0.3) is 0 Å². The molecule has 2 heteroatoms. The van der Waals surface area contributed by atoms with Gasteiger partial charge in [0, 0.05) is 18.0 Å². The summed E-state index contributed by atoms with van der Waals surface area (Å²) < 4.78 is 0. The van der Waals surface area contributed by atoms with Crippen LogP contribution in [0.3, 0.4) is 0 Å². The first-order valence-corrected chi connectivity index (χ1v) is 6.92. The van der Waals surface area contributed by atoms with E-state index in [2.05, 4.69) is 66.0 Å². The van der Waals surface area contributed by atoms with Crippen molar-refractivity contribution in [2.75, 3.05) is 6.54 Å². The SMILES string of the molecule is [B]CCC(c1ccccc1)(c1ccccc1)C1CN1. The van der Waals surface area contributed by atoms with E-state index >= 15 is 0 Å². The van der Waals surface area contributed by atoms with Crippen molar-refractivity contribution in [3.8, 4) is 0 Å². The molecular formula is C17H18BN. The van der Waals surface area contributed by atoms with E-state index in [1.165, 1.54) is 11.1 Å². The summed E-state index contributed by atoms with van der Waals surface area (Å²) in [4.78, 5) is 0. The minimum atomic E-state index is 0.0112. The van der Waals surface area contributed by atoms with E-state index < -0.39 is 0 Å². The van der Waals surface area contributed by atoms with Gasteiger partial charge in [-0.2, -0.15) is 0 Å². The van der Waals surface area contributed by atoms with Gasteiger partial charge in [0.1, 0.15) is 0 Å². The maximum Gasteiger partial charge on any atom is 0.0653 e. The molecule has 19 heavy (non-hydrogen) atoms. The Hall–Kier alpha value is -1.54. The zero-order valence-corrected chi connectivity index (χ0v) is 11.0. The summed E-state index contributed by atoms with van der Waals surface area (Å²) >= 11 is 0. The van der Waals surface area contributed by atoms with Crippen LogP contribution in [0.4, 0.5) is 0 Å². The zero-order chi connectivity index (χ0) is 13.1. The van der Waals surface area contributed by atoms with Crippen LogP contribution in [0.2, 0.25) is 6.32 Å². The lowest BCUT2D eigenvalue weighted by molar-refractivity contribution is 0.484. The summed E-state index contributed by atoms with van der Waals surface area (Å²) in [7, 11) is 5.93. The van der Waals surface area contributed by atoms with Crippen molar-refractivity contribution in [1.29, 1.82) is 0 Å². The Morgan fingerprint density at radius 3 is 1.79 bits per heavy atom. The minimum absolute atomic E-state index is 0.0112. The maximum absolute atomic E-state index is 5.93. The smallest absolute Gasteiger partial charge is 0.0653 e. The molecule has 1 fully saturated rings. The Morgan fingerprint density at radius 1 is 0.947 bits per heavy atom. The van der Waals surface area contributed by atoms with Crippen LogP contribution in [0.25, 0.3) is 0 Å². The third kappa shape index (κ3) is 2.21. The fraction of sp³-hybridized carbons (Fsp3) is 0.294. The van der Waals surface area contributed by atoms with Crippen molar-refractivity contribution >= 4 is 7.85 Å². The van der Waals surface area contributed by atoms with E-state index in [4.69, 9.17) is 7.85 Å². The number of hydrogen-bond acceptors (Lipinski definition) is 1. The van der Waals surface area contributed by atoms with Gasteiger partial charge in [-0.25, -0.2) is 0 Å². The Balaban J connectivity index is 2.14. The number of nitrogens with one attached hydrogen (secondary N) is 1. The van der Waals surface area contributed by atoms with E-state index in [0.29, 0.717) is 12.4 Å². The van der Waals surface area contributed by atoms with Crippen molar-refractivity contribution in [2.45, 2.75) is 24.2 Å². The lowest BCUT2D eigenvalue weighted by Gasteiger charge is -2.35. The van der Waals surface area contributed by atoms with Crippen LogP contribution in [-0.4, -0.2) is 20.4 Å². The number of benzene rings is 2. The second-order valence-corrected chi connectivity index (χ2v) is 5.20. The highest BCUT2D eigenvalue weighted by Gasteiger charge is 2.46. The molecular weight excluding hydrogens is 229 g/mol. The van der Waals surface area contributed by atoms with Gasteiger partial charge >= 0.3 is 0 Å². The molecule has 2 aromatic carbocycles. The third-order valence-electron chi connectivity index (χ3n) is 4.12. The molecule has 1 unspecified atom stereocenters. The maximum atomic E-state index is 5.93. The lowest BCUT2D eigenvalue weighted by atomic mass is 9.67. The molecule has 94 valence electrons. The predicted molar refractivity (Wildman–Crippen MR) is 80.6 cm³/mol. The summed E-state index contributed by atoms with van der Waals surface area (Å²) in [5.41, 5.74) is 2.74. The molecule has 2 radical (unpaired) electrons. The quantitative estimate of drug-likeness (QED) is 0.636. The van der Waals surface area contributed by atoms with Crippen LogP contribution in [-0.2, 0) is 5.41 Å². The van der Waals surface area contributed by atoms with Crippen molar-refractivity contribution < 1.29 is 0 Å². The van der Waals surface area contributed by atoms with Crippen molar-refractivity contribution in [1.82, 2.24) is 5.32 Å². The molecule has 0 spiro atoms. The molecule has 1 heterocycles. The average molecular weight is 247 g/mol. The summed E-state index contributed by atoms with van der Waals surface area (Å²) in [5.74, 6) is 0. The first-order valence-electron chi connectivity index (χ1n) is 6.92. The minimum Gasteiger partial charge on any atom is -0.310 e. The first kappa shape index (κ1) is 12.5. The second-order valence-electron chi connectivity index (χ2n) is 5.20. The Morgan fingerprint density at radius 2 is 1.42 bits per heavy atom. The van der Waals surface area contributed by atoms with Gasteiger partial charge in [-0.05, 0) is 17.5 Å². The van der Waals surface area contributed by atoms with Crippen LogP contribution in [0, 0.1) is 0 Å². The topological polar surface area (TPSA) is 21.9 Å². The highest BCUT2D eigenvalue weighted by molar-refractivity contribution is 6.08. The Labute approximate surface area is 116 Å². The van der Waals surface area contributed by atoms with E-state index in [0.717, 1.165) is 13.0 Å². The third-order valence-corrected chi connectivity index (χ3v) is 4.12. The van der Waals surface area contributed by atoms with E-state index in [1.54, 1.807) is 0 Å². The summed E-state index contributed by atoms with van der Waals surface area (Å²) in [5, 5.41) is 3.50. The van der Waals surface area contributed by atoms with E-state index in [9.17, 15) is 0 Å². The molecule has 1 N–H and O–H groups in total. The molecule has 1 aliphatic rings. The van der Waals surface area contributed by atoms with Crippen LogP contribution < -0.4 is 5.32 Å². The second kappa shape index (κ2) is 5.22. The molecule has 1 atom stereocenters. The molecule has 2 aromatic rings. The summed E-state index contributed by atoms with van der Waals surface area (Å²) in [6, 6.07) is 22.0. The fourth-order valence-corrected chi connectivity index (χ4v) is 3.14. The Bertz CT molecular complexity index is 480. The van der Waals surface area contributed by atoms with E-state index in [-0.39, 0.29) is 5.41 Å². The van der Waals surface area contributed by atoms with Crippen LogP contribution in [0.1, 0.15) is 17.5 Å². The van der Waals surface area contributed by atoms with Gasteiger partial charge < -0.3 is 5.32 Å². The molecule has 1 nitrogen and oxygen atoms in total. The summed E-state index contributed by atoms with van der Waals surface area (Å²) in [6.45, 7) is 1.07. The predicted octanol–water partition coefficient (Wildman–Crippen LogP) is 2.92. The average Bonchev–Trinajstić information content (AvgIpc) is 3.32. The van der Waals surface area contributed by atoms with Gasteiger partial charge in [0.05, 0.1) is 7.85 Å². The molecule has 0 bridgehead atoms. The van der Waals surface area contributed by atoms with Gasteiger partial charge in [0.15, 0.2) is 0 Å². The highest BCUT2D eigenvalue weighted by atomic mass is 15.1. The van der Waals surface area contributed by atoms with Crippen LogP contribution in [0.5, 0.6) is 0 Å². The molecule has 0 aromatic heterocycles. The summed E-state index contributed by atoms with van der Waals surface area (Å²) in [6.07, 6.45) is 1.67. The van der Waals surface area contributed by atoms with Crippen LogP contribution in [0.15, 0.2) is 60.7 Å². The number of rotatable bonds is 5. The van der Waals surface area contributed by atoms with Gasteiger partial charge in [-0.3, -0.25) is 0 Å². The van der Waals surface area contributed by atoms with Crippen molar-refractivity contribution in [3.63, 3.8) is 0 Å². The monoisotopic (exact) mass is 247 g/mol. The first-order chi connectivity index (χ1) is 9.38. The molecule has 3 rings (SSSR count). The molecule has 0 amide bonds. The largest absolute Gasteiger partial charge is 0.310 e. The lowest BCUT2D eigenvalue weighted by Crippen LogP contribution is -2.35. The normalized spacial score (nSPS) is 18.2. The molecule has 1 saturated heterocycles. The molecule has 1 aliphatic heterocycles. The van der Waals surface area contributed by atoms with Gasteiger partial charge in [-0.1, -0.05) is 67.0 Å². The molecule has 0 aliphatic carbocycles. The van der Waals surface area contributed by atoms with E-state index in [1.807, 2.05) is 0 Å². The zero-order valence-electron chi connectivity index (χ0n) is 11.0. The van der Waals surface area contributed by atoms with Crippen LogP contribution >= 0.6 is 0 Å². The van der Waals surface area contributed by atoms with Crippen molar-refractivity contribution in [2.24, 2.45) is 0 Å². The van der Waals surface area contributed by atoms with Crippen molar-refractivity contribution in [3.05, 3.63) is 71.8 Å². The standard InChI is InChI=1S/C17H18BN/c18-12-11-17(16-13-19-16,14-7-3-1-4-8-14)15-9-5-2-6-10-15/h1-10,16,19H,11-13H2. The fourth-order valence-electron chi connectivity index (χ4n) is 3.14. The molecule has 0 saturated carbocycles. The van der Waals surface area contributed by atoms with Gasteiger partial charge in [0.2, 0.25) is 0 Å². The number of hydrogen-bond donors (Lipinski definition) is 1. The highest BCUT2D eigenvalue weighted by Crippen LogP contribution is 2.42.